The normalized spacial score (nSPS) is 20.1. The second kappa shape index (κ2) is 3.80. The molecule has 1 aliphatic heterocycles. The maximum atomic E-state index is 11.6. The van der Waals surface area contributed by atoms with Crippen LogP contribution in [0.15, 0.2) is 23.8 Å². The molecule has 1 atom stereocenters. The minimum absolute atomic E-state index is 0.00602. The van der Waals surface area contributed by atoms with Gasteiger partial charge >= 0.3 is 0 Å². The van der Waals surface area contributed by atoms with Gasteiger partial charge in [-0.25, -0.2) is 4.98 Å². The Morgan fingerprint density at radius 1 is 1.62 bits per heavy atom. The highest BCUT2D eigenvalue weighted by molar-refractivity contribution is 5.96. The van der Waals surface area contributed by atoms with Crippen LogP contribution in [0.2, 0.25) is 0 Å². The maximum absolute atomic E-state index is 11.6. The molecule has 0 aromatic carbocycles. The fraction of sp³-hybridized carbons (Fsp3) is 0.300. The molecule has 2 heterocycles. The Hall–Kier alpha value is -2.11. The average Bonchev–Trinajstić information content (AvgIpc) is 2.60. The van der Waals surface area contributed by atoms with Crippen molar-refractivity contribution in [1.82, 2.24) is 9.97 Å². The van der Waals surface area contributed by atoms with Gasteiger partial charge in [0.25, 0.3) is 5.56 Å². The number of hydrogen-bond donors (Lipinski definition) is 2. The lowest BCUT2D eigenvalue weighted by Gasteiger charge is -2.14. The molecule has 2 rings (SSSR count). The molecular formula is C10H11N3O3. The van der Waals surface area contributed by atoms with Crippen LogP contribution in [0, 0.1) is 5.92 Å². The summed E-state index contributed by atoms with van der Waals surface area (Å²) in [7, 11) is 0. The average molecular weight is 221 g/mol. The van der Waals surface area contributed by atoms with Crippen molar-refractivity contribution in [3.63, 3.8) is 0 Å². The van der Waals surface area contributed by atoms with Gasteiger partial charge in [-0.1, -0.05) is 6.08 Å². The van der Waals surface area contributed by atoms with Gasteiger partial charge in [-0.15, -0.1) is 6.58 Å². The third-order valence-electron chi connectivity index (χ3n) is 2.57. The predicted molar refractivity (Wildman–Crippen MR) is 57.2 cm³/mol. The first kappa shape index (κ1) is 10.4. The summed E-state index contributed by atoms with van der Waals surface area (Å²) in [6.45, 7) is 3.96. The zero-order valence-corrected chi connectivity index (χ0v) is 8.51. The second-order valence-corrected chi connectivity index (χ2v) is 3.61. The minimum Gasteiger partial charge on any atom is -0.492 e. The van der Waals surface area contributed by atoms with Crippen LogP contribution in [0.4, 0.5) is 5.69 Å². The topological polar surface area (TPSA) is 86.3 Å². The van der Waals surface area contributed by atoms with Gasteiger partial charge in [0.05, 0.1) is 6.33 Å². The van der Waals surface area contributed by atoms with Crippen molar-refractivity contribution in [2.24, 2.45) is 5.92 Å². The van der Waals surface area contributed by atoms with Crippen molar-refractivity contribution in [2.45, 2.75) is 6.42 Å². The number of carbonyl (C=O) groups excluding carboxylic acids is 1. The number of hydrogen-bond acceptors (Lipinski definition) is 4. The lowest BCUT2D eigenvalue weighted by atomic mass is 10.1. The molecule has 0 radical (unpaired) electrons. The van der Waals surface area contributed by atoms with E-state index in [9.17, 15) is 14.7 Å². The van der Waals surface area contributed by atoms with E-state index in [1.54, 1.807) is 6.08 Å². The first-order valence-corrected chi connectivity index (χ1v) is 4.83. The summed E-state index contributed by atoms with van der Waals surface area (Å²) in [5.41, 5.74) is -0.609. The van der Waals surface area contributed by atoms with E-state index in [1.807, 2.05) is 0 Å². The Bertz CT molecular complexity index is 494. The quantitative estimate of drug-likeness (QED) is 0.689. The summed E-state index contributed by atoms with van der Waals surface area (Å²) in [6.07, 6.45) is 3.06. The summed E-state index contributed by atoms with van der Waals surface area (Å²) >= 11 is 0. The third kappa shape index (κ3) is 1.58. The van der Waals surface area contributed by atoms with Crippen LogP contribution < -0.4 is 10.5 Å². The molecule has 0 saturated carbocycles. The Morgan fingerprint density at radius 3 is 2.94 bits per heavy atom. The van der Waals surface area contributed by atoms with Gasteiger partial charge in [0.2, 0.25) is 11.8 Å². The lowest BCUT2D eigenvalue weighted by molar-refractivity contribution is -0.117. The molecule has 16 heavy (non-hydrogen) atoms. The summed E-state index contributed by atoms with van der Waals surface area (Å²) in [5, 5.41) is 9.48. The predicted octanol–water partition coefficient (Wildman–Crippen LogP) is 0.0144. The van der Waals surface area contributed by atoms with Crippen LogP contribution in [0.25, 0.3) is 0 Å². The van der Waals surface area contributed by atoms with Gasteiger partial charge in [0.1, 0.15) is 0 Å². The standard InChI is InChI=1S/C10H11N3O3/c1-2-6-3-7(14)13(4-6)8-9(15)11-5-12-10(8)16/h2,5-6H,1,3-4H2,(H2,11,12,15,16). The highest BCUT2D eigenvalue weighted by Crippen LogP contribution is 2.27. The summed E-state index contributed by atoms with van der Waals surface area (Å²) in [6, 6.07) is 0. The van der Waals surface area contributed by atoms with Crippen molar-refractivity contribution >= 4 is 11.6 Å². The molecule has 1 aliphatic rings. The van der Waals surface area contributed by atoms with Gasteiger partial charge in [0.15, 0.2) is 5.69 Å². The van der Waals surface area contributed by atoms with Gasteiger partial charge in [-0.2, -0.15) is 0 Å². The molecule has 1 amide bonds. The van der Waals surface area contributed by atoms with Crippen molar-refractivity contribution < 1.29 is 9.90 Å². The van der Waals surface area contributed by atoms with E-state index in [0.717, 1.165) is 6.33 Å². The Kier molecular flexibility index (Phi) is 2.47. The lowest BCUT2D eigenvalue weighted by Crippen LogP contribution is -2.30. The van der Waals surface area contributed by atoms with Crippen LogP contribution in [0.3, 0.4) is 0 Å². The summed E-state index contributed by atoms with van der Waals surface area (Å²) < 4.78 is 0. The van der Waals surface area contributed by atoms with Crippen LogP contribution >= 0.6 is 0 Å². The minimum atomic E-state index is -0.523. The first-order chi connectivity index (χ1) is 7.63. The van der Waals surface area contributed by atoms with E-state index in [4.69, 9.17) is 0 Å². The van der Waals surface area contributed by atoms with Crippen LogP contribution in [-0.4, -0.2) is 27.5 Å². The SMILES string of the molecule is C=CC1CC(=O)N(c2c(O)nc[nH]c2=O)C1. The third-order valence-corrected chi connectivity index (χ3v) is 2.57. The van der Waals surface area contributed by atoms with Crippen molar-refractivity contribution in [2.75, 3.05) is 11.4 Å². The number of amides is 1. The molecule has 0 aliphatic carbocycles. The van der Waals surface area contributed by atoms with Crippen LogP contribution in [-0.2, 0) is 4.79 Å². The molecule has 2 N–H and O–H groups in total. The summed E-state index contributed by atoms with van der Waals surface area (Å²) in [4.78, 5) is 30.2. The molecule has 6 heteroatoms. The van der Waals surface area contributed by atoms with Crippen molar-refractivity contribution in [1.29, 1.82) is 0 Å². The Morgan fingerprint density at radius 2 is 2.38 bits per heavy atom. The fourth-order valence-corrected chi connectivity index (χ4v) is 1.74. The molecule has 1 fully saturated rings. The maximum Gasteiger partial charge on any atom is 0.278 e. The molecule has 1 saturated heterocycles. The molecule has 1 aromatic heterocycles. The van der Waals surface area contributed by atoms with Gasteiger partial charge in [-0.3, -0.25) is 9.59 Å². The number of aromatic hydroxyl groups is 1. The van der Waals surface area contributed by atoms with E-state index in [0.29, 0.717) is 13.0 Å². The van der Waals surface area contributed by atoms with E-state index < -0.39 is 11.4 Å². The number of rotatable bonds is 2. The van der Waals surface area contributed by atoms with E-state index in [1.165, 1.54) is 4.90 Å². The molecule has 6 nitrogen and oxygen atoms in total. The van der Waals surface area contributed by atoms with Crippen LogP contribution in [0.1, 0.15) is 6.42 Å². The van der Waals surface area contributed by atoms with Gasteiger partial charge in [0, 0.05) is 18.9 Å². The van der Waals surface area contributed by atoms with Gasteiger partial charge in [-0.05, 0) is 0 Å². The van der Waals surface area contributed by atoms with E-state index in [2.05, 4.69) is 16.5 Å². The Balaban J connectivity index is 2.42. The molecule has 1 aromatic rings. The van der Waals surface area contributed by atoms with Crippen molar-refractivity contribution in [3.05, 3.63) is 29.3 Å². The molecule has 1 unspecified atom stereocenters. The Labute approximate surface area is 91.2 Å². The number of aromatic nitrogens is 2. The highest BCUT2D eigenvalue weighted by atomic mass is 16.3. The molecule has 0 bridgehead atoms. The smallest absolute Gasteiger partial charge is 0.278 e. The van der Waals surface area contributed by atoms with Gasteiger partial charge < -0.3 is 15.0 Å². The largest absolute Gasteiger partial charge is 0.492 e. The number of nitrogens with one attached hydrogen (secondary N) is 1. The number of aromatic amines is 1. The monoisotopic (exact) mass is 221 g/mol. The molecular weight excluding hydrogens is 210 g/mol. The fourth-order valence-electron chi connectivity index (χ4n) is 1.74. The van der Waals surface area contributed by atoms with E-state index in [-0.39, 0.29) is 17.5 Å². The zero-order chi connectivity index (χ0) is 11.7. The number of anilines is 1. The molecule has 84 valence electrons. The summed E-state index contributed by atoms with van der Waals surface area (Å²) in [5.74, 6) is -0.632. The molecule has 0 spiro atoms. The highest BCUT2D eigenvalue weighted by Gasteiger charge is 2.32. The zero-order valence-electron chi connectivity index (χ0n) is 8.51. The van der Waals surface area contributed by atoms with Crippen molar-refractivity contribution in [3.8, 4) is 5.88 Å². The number of carbonyl (C=O) groups is 1. The number of nitrogens with zero attached hydrogens (tertiary/aromatic N) is 2. The number of H-pyrrole nitrogens is 1. The second-order valence-electron chi connectivity index (χ2n) is 3.61. The first-order valence-electron chi connectivity index (χ1n) is 4.83. The van der Waals surface area contributed by atoms with Crippen LogP contribution in [0.5, 0.6) is 5.88 Å². The van der Waals surface area contributed by atoms with E-state index >= 15 is 0 Å².